The number of sulfonamides is 1. The Morgan fingerprint density at radius 2 is 2.05 bits per heavy atom. The van der Waals surface area contributed by atoms with E-state index in [0.29, 0.717) is 19.4 Å². The summed E-state index contributed by atoms with van der Waals surface area (Å²) in [4.78, 5) is 25.2. The van der Waals surface area contributed by atoms with Gasteiger partial charge in [0.15, 0.2) is 0 Å². The second kappa shape index (κ2) is 7.22. The van der Waals surface area contributed by atoms with Gasteiger partial charge in [-0.2, -0.15) is 0 Å². The first kappa shape index (κ1) is 17.9. The third-order valence-electron chi connectivity index (χ3n) is 3.73. The average molecular weight is 320 g/mol. The molecule has 122 valence electrons. The number of amides is 1. The van der Waals surface area contributed by atoms with Crippen LogP contribution in [-0.4, -0.2) is 69.5 Å². The van der Waals surface area contributed by atoms with Gasteiger partial charge in [0.05, 0.1) is 25.2 Å². The van der Waals surface area contributed by atoms with Gasteiger partial charge >= 0.3 is 5.97 Å². The fraction of sp³-hybridized carbons (Fsp3) is 0.846. The van der Waals surface area contributed by atoms with Crippen molar-refractivity contribution < 1.29 is 22.7 Å². The van der Waals surface area contributed by atoms with E-state index in [-0.39, 0.29) is 30.9 Å². The number of carbonyl (C=O) groups excluding carboxylic acids is 2. The lowest BCUT2D eigenvalue weighted by Crippen LogP contribution is -2.46. The topological polar surface area (TPSA) is 84.0 Å². The standard InChI is InChI=1S/C13H24N2O5S/c1-10(13(17)20-3)8-14(2)12(16)11-6-5-7-15(9-11)21(4,18)19/h10-11H,5-9H2,1-4H3. The number of piperidine rings is 1. The van der Waals surface area contributed by atoms with E-state index in [1.807, 2.05) is 0 Å². The quantitative estimate of drug-likeness (QED) is 0.662. The highest BCUT2D eigenvalue weighted by molar-refractivity contribution is 7.88. The monoisotopic (exact) mass is 320 g/mol. The molecule has 0 aliphatic carbocycles. The molecule has 8 heteroatoms. The lowest BCUT2D eigenvalue weighted by Gasteiger charge is -2.32. The van der Waals surface area contributed by atoms with Gasteiger partial charge in [0.2, 0.25) is 15.9 Å². The van der Waals surface area contributed by atoms with Crippen LogP contribution < -0.4 is 0 Å². The number of rotatable bonds is 5. The van der Waals surface area contributed by atoms with Crippen molar-refractivity contribution >= 4 is 21.9 Å². The van der Waals surface area contributed by atoms with E-state index in [9.17, 15) is 18.0 Å². The van der Waals surface area contributed by atoms with Crippen molar-refractivity contribution in [1.82, 2.24) is 9.21 Å². The molecule has 7 nitrogen and oxygen atoms in total. The minimum Gasteiger partial charge on any atom is -0.469 e. The Bertz CT molecular complexity index is 491. The highest BCUT2D eigenvalue weighted by atomic mass is 32.2. The molecule has 0 spiro atoms. The van der Waals surface area contributed by atoms with Gasteiger partial charge in [-0.05, 0) is 12.8 Å². The summed E-state index contributed by atoms with van der Waals surface area (Å²) in [5.41, 5.74) is 0. The predicted octanol–water partition coefficient (Wildman–Crippen LogP) is -0.0745. The molecule has 1 amide bonds. The normalized spacial score (nSPS) is 21.6. The number of nitrogens with zero attached hydrogens (tertiary/aromatic N) is 2. The van der Waals surface area contributed by atoms with E-state index < -0.39 is 15.9 Å². The van der Waals surface area contributed by atoms with E-state index in [0.717, 1.165) is 6.26 Å². The van der Waals surface area contributed by atoms with E-state index in [1.165, 1.54) is 16.3 Å². The second-order valence-electron chi connectivity index (χ2n) is 5.60. The third kappa shape index (κ3) is 4.96. The van der Waals surface area contributed by atoms with E-state index in [1.54, 1.807) is 14.0 Å². The van der Waals surface area contributed by atoms with Crippen molar-refractivity contribution in [2.45, 2.75) is 19.8 Å². The van der Waals surface area contributed by atoms with Crippen molar-refractivity contribution in [3.8, 4) is 0 Å². The fourth-order valence-electron chi connectivity index (χ4n) is 2.53. The van der Waals surface area contributed by atoms with Crippen LogP contribution in [0.25, 0.3) is 0 Å². The molecule has 0 aromatic carbocycles. The maximum atomic E-state index is 12.4. The Hall–Kier alpha value is -1.15. The van der Waals surface area contributed by atoms with Crippen molar-refractivity contribution in [3.05, 3.63) is 0 Å². The summed E-state index contributed by atoms with van der Waals surface area (Å²) in [7, 11) is -0.333. The highest BCUT2D eigenvalue weighted by Crippen LogP contribution is 2.20. The molecule has 0 bridgehead atoms. The summed E-state index contributed by atoms with van der Waals surface area (Å²) in [5, 5.41) is 0. The Morgan fingerprint density at radius 1 is 1.43 bits per heavy atom. The number of hydrogen-bond acceptors (Lipinski definition) is 5. The summed E-state index contributed by atoms with van der Waals surface area (Å²) in [5.74, 6) is -1.24. The van der Waals surface area contributed by atoms with Gasteiger partial charge in [-0.25, -0.2) is 12.7 Å². The smallest absolute Gasteiger partial charge is 0.310 e. The summed E-state index contributed by atoms with van der Waals surface area (Å²) < 4.78 is 29.1. The van der Waals surface area contributed by atoms with Crippen molar-refractivity contribution in [3.63, 3.8) is 0 Å². The van der Waals surface area contributed by atoms with Crippen molar-refractivity contribution in [2.75, 3.05) is 40.0 Å². The first-order valence-electron chi connectivity index (χ1n) is 6.94. The third-order valence-corrected chi connectivity index (χ3v) is 5.00. The van der Waals surface area contributed by atoms with Crippen LogP contribution in [0.4, 0.5) is 0 Å². The van der Waals surface area contributed by atoms with E-state index in [4.69, 9.17) is 0 Å². The van der Waals surface area contributed by atoms with Gasteiger partial charge in [0.25, 0.3) is 0 Å². The van der Waals surface area contributed by atoms with Gasteiger partial charge in [0, 0.05) is 26.7 Å². The summed E-state index contributed by atoms with van der Waals surface area (Å²) >= 11 is 0. The summed E-state index contributed by atoms with van der Waals surface area (Å²) in [6, 6.07) is 0. The molecule has 1 heterocycles. The number of carbonyl (C=O) groups is 2. The van der Waals surface area contributed by atoms with Crippen LogP contribution >= 0.6 is 0 Å². The number of ether oxygens (including phenoxy) is 1. The average Bonchev–Trinajstić information content (AvgIpc) is 2.44. The molecular weight excluding hydrogens is 296 g/mol. The Labute approximate surface area is 126 Å². The Balaban J connectivity index is 2.63. The van der Waals surface area contributed by atoms with Gasteiger partial charge in [0.1, 0.15) is 0 Å². The molecule has 1 aliphatic heterocycles. The molecule has 21 heavy (non-hydrogen) atoms. The molecule has 2 atom stereocenters. The van der Waals surface area contributed by atoms with Crippen LogP contribution in [0.5, 0.6) is 0 Å². The molecule has 0 radical (unpaired) electrons. The Morgan fingerprint density at radius 3 is 2.57 bits per heavy atom. The molecule has 1 rings (SSSR count). The van der Waals surface area contributed by atoms with Crippen molar-refractivity contribution in [2.24, 2.45) is 11.8 Å². The molecule has 2 unspecified atom stereocenters. The summed E-state index contributed by atoms with van der Waals surface area (Å²) in [6.45, 7) is 2.64. The van der Waals surface area contributed by atoms with Crippen LogP contribution in [0.3, 0.4) is 0 Å². The largest absolute Gasteiger partial charge is 0.469 e. The van der Waals surface area contributed by atoms with E-state index >= 15 is 0 Å². The SMILES string of the molecule is COC(=O)C(C)CN(C)C(=O)C1CCCN(S(C)(=O)=O)C1. The van der Waals surface area contributed by atoms with Crippen LogP contribution in [-0.2, 0) is 24.3 Å². The maximum absolute atomic E-state index is 12.4. The minimum absolute atomic E-state index is 0.126. The molecule has 1 fully saturated rings. The number of methoxy groups -OCH3 is 1. The van der Waals surface area contributed by atoms with Gasteiger partial charge < -0.3 is 9.64 Å². The molecule has 0 aromatic heterocycles. The van der Waals surface area contributed by atoms with Gasteiger partial charge in [-0.15, -0.1) is 0 Å². The molecule has 0 saturated carbocycles. The van der Waals surface area contributed by atoms with Gasteiger partial charge in [-0.3, -0.25) is 9.59 Å². The molecule has 0 aromatic rings. The highest BCUT2D eigenvalue weighted by Gasteiger charge is 2.32. The zero-order valence-corrected chi connectivity index (χ0v) is 13.9. The van der Waals surface area contributed by atoms with Crippen LogP contribution in [0.2, 0.25) is 0 Å². The lowest BCUT2D eigenvalue weighted by molar-refractivity contribution is -0.146. The number of esters is 1. The first-order chi connectivity index (χ1) is 9.66. The molecular formula is C13H24N2O5S. The van der Waals surface area contributed by atoms with Crippen LogP contribution in [0.15, 0.2) is 0 Å². The zero-order chi connectivity index (χ0) is 16.2. The van der Waals surface area contributed by atoms with Crippen molar-refractivity contribution in [1.29, 1.82) is 0 Å². The molecule has 0 N–H and O–H groups in total. The maximum Gasteiger partial charge on any atom is 0.310 e. The fourth-order valence-corrected chi connectivity index (χ4v) is 3.44. The first-order valence-corrected chi connectivity index (χ1v) is 8.79. The second-order valence-corrected chi connectivity index (χ2v) is 7.59. The minimum atomic E-state index is -3.27. The molecule has 1 saturated heterocycles. The lowest BCUT2D eigenvalue weighted by atomic mass is 9.98. The molecule has 1 aliphatic rings. The zero-order valence-electron chi connectivity index (χ0n) is 13.0. The predicted molar refractivity (Wildman–Crippen MR) is 78.0 cm³/mol. The Kier molecular flexibility index (Phi) is 6.15. The number of hydrogen-bond donors (Lipinski definition) is 0. The summed E-state index contributed by atoms with van der Waals surface area (Å²) in [6.07, 6.45) is 2.49. The van der Waals surface area contributed by atoms with Crippen LogP contribution in [0.1, 0.15) is 19.8 Å². The van der Waals surface area contributed by atoms with E-state index in [2.05, 4.69) is 4.74 Å². The van der Waals surface area contributed by atoms with Crippen LogP contribution in [0, 0.1) is 11.8 Å². The van der Waals surface area contributed by atoms with Gasteiger partial charge in [-0.1, -0.05) is 6.92 Å².